The van der Waals surface area contributed by atoms with Crippen LogP contribution in [0.4, 0.5) is 0 Å². The predicted molar refractivity (Wildman–Crippen MR) is 101 cm³/mol. The fourth-order valence-corrected chi connectivity index (χ4v) is 3.78. The van der Waals surface area contributed by atoms with E-state index in [1.54, 1.807) is 30.2 Å². The number of carbonyl (C=O) groups excluding carboxylic acids is 1. The lowest BCUT2D eigenvalue weighted by molar-refractivity contribution is -0.121. The number of halogens is 1. The molecule has 23 heavy (non-hydrogen) atoms. The van der Waals surface area contributed by atoms with E-state index in [4.69, 9.17) is 28.1 Å². The van der Waals surface area contributed by atoms with Crippen molar-refractivity contribution in [1.29, 1.82) is 0 Å². The van der Waals surface area contributed by atoms with Gasteiger partial charge in [0.05, 0.1) is 12.0 Å². The minimum absolute atomic E-state index is 0.0824. The van der Waals surface area contributed by atoms with Gasteiger partial charge in [0, 0.05) is 11.0 Å². The molecule has 4 nitrogen and oxygen atoms in total. The first-order valence-electron chi connectivity index (χ1n) is 6.71. The van der Waals surface area contributed by atoms with Crippen molar-refractivity contribution in [2.45, 2.75) is 6.92 Å². The molecule has 0 saturated carbocycles. The molecule has 0 bridgehead atoms. The summed E-state index contributed by atoms with van der Waals surface area (Å²) in [4.78, 5) is 14.4. The van der Waals surface area contributed by atoms with Crippen molar-refractivity contribution in [3.63, 3.8) is 0 Å². The van der Waals surface area contributed by atoms with Gasteiger partial charge in [-0.2, -0.15) is 0 Å². The maximum atomic E-state index is 12.3. The normalized spacial score (nSPS) is 15.9. The molecular formula is C16H14BrNO3S2. The summed E-state index contributed by atoms with van der Waals surface area (Å²) in [5, 5.41) is 0. The molecule has 1 aromatic carbocycles. The number of hydrogen-bond acceptors (Lipinski definition) is 5. The van der Waals surface area contributed by atoms with E-state index >= 15 is 0 Å². The molecule has 120 valence electrons. The summed E-state index contributed by atoms with van der Waals surface area (Å²) in [5.41, 5.74) is 0.798. The van der Waals surface area contributed by atoms with Gasteiger partial charge < -0.3 is 9.47 Å². The number of thioether (sulfide) groups is 1. The molecule has 1 saturated heterocycles. The van der Waals surface area contributed by atoms with Crippen LogP contribution in [0.2, 0.25) is 0 Å². The number of nitrogens with zero attached hydrogens (tertiary/aromatic N) is 1. The Morgan fingerprint density at radius 3 is 2.78 bits per heavy atom. The van der Waals surface area contributed by atoms with Gasteiger partial charge in [-0.15, -0.1) is 6.42 Å². The SMILES string of the molecule is C#CCOc1cc(Br)c(C=C2SC(=S)N(CC)C2=O)cc1OC. The van der Waals surface area contributed by atoms with Crippen LogP contribution in [0.15, 0.2) is 21.5 Å². The van der Waals surface area contributed by atoms with E-state index in [-0.39, 0.29) is 12.5 Å². The largest absolute Gasteiger partial charge is 0.493 e. The van der Waals surface area contributed by atoms with Crippen LogP contribution in [0.1, 0.15) is 12.5 Å². The fraction of sp³-hybridized carbons (Fsp3) is 0.250. The summed E-state index contributed by atoms with van der Waals surface area (Å²) in [7, 11) is 1.55. The Hall–Kier alpha value is -1.49. The smallest absolute Gasteiger partial charge is 0.266 e. The summed E-state index contributed by atoms with van der Waals surface area (Å²) < 4.78 is 12.1. The number of terminal acetylenes is 1. The molecule has 0 atom stereocenters. The quantitative estimate of drug-likeness (QED) is 0.419. The molecule has 2 rings (SSSR count). The third-order valence-electron chi connectivity index (χ3n) is 3.07. The molecule has 0 aromatic heterocycles. The zero-order valence-electron chi connectivity index (χ0n) is 12.6. The summed E-state index contributed by atoms with van der Waals surface area (Å²) in [6.45, 7) is 2.60. The molecule has 1 aliphatic heterocycles. The molecule has 0 radical (unpaired) electrons. The molecule has 0 unspecified atom stereocenters. The number of rotatable bonds is 5. The number of methoxy groups -OCH3 is 1. The van der Waals surface area contributed by atoms with Gasteiger partial charge in [0.2, 0.25) is 0 Å². The standard InChI is InChI=1S/C16H14BrNO3S2/c1-4-6-21-13-9-11(17)10(7-12(13)20-3)8-14-15(19)18(5-2)16(22)23-14/h1,7-9H,5-6H2,2-3H3. The van der Waals surface area contributed by atoms with Crippen molar-refractivity contribution in [2.24, 2.45) is 0 Å². The van der Waals surface area contributed by atoms with E-state index in [1.165, 1.54) is 11.8 Å². The first-order chi connectivity index (χ1) is 11.0. The molecule has 0 spiro atoms. The first-order valence-corrected chi connectivity index (χ1v) is 8.72. The van der Waals surface area contributed by atoms with Gasteiger partial charge >= 0.3 is 0 Å². The second-order valence-corrected chi connectivity index (χ2v) is 6.97. The molecule has 1 aromatic rings. The Labute approximate surface area is 153 Å². The van der Waals surface area contributed by atoms with E-state index in [9.17, 15) is 4.79 Å². The Kier molecular flexibility index (Phi) is 6.10. The van der Waals surface area contributed by atoms with E-state index < -0.39 is 0 Å². The van der Waals surface area contributed by atoms with Gasteiger partial charge in [-0.1, -0.05) is 45.8 Å². The van der Waals surface area contributed by atoms with Crippen LogP contribution in [0.3, 0.4) is 0 Å². The monoisotopic (exact) mass is 411 g/mol. The van der Waals surface area contributed by atoms with Gasteiger partial charge in [0.1, 0.15) is 10.9 Å². The van der Waals surface area contributed by atoms with Gasteiger partial charge in [0.15, 0.2) is 11.5 Å². The molecular weight excluding hydrogens is 398 g/mol. The molecule has 1 fully saturated rings. The summed E-state index contributed by atoms with van der Waals surface area (Å²) in [6.07, 6.45) is 6.99. The highest BCUT2D eigenvalue weighted by molar-refractivity contribution is 9.10. The lowest BCUT2D eigenvalue weighted by Crippen LogP contribution is -2.27. The van der Waals surface area contributed by atoms with Crippen LogP contribution in [-0.4, -0.2) is 35.4 Å². The average molecular weight is 412 g/mol. The molecule has 0 aliphatic carbocycles. The van der Waals surface area contributed by atoms with E-state index in [0.717, 1.165) is 10.0 Å². The molecule has 7 heteroatoms. The summed E-state index contributed by atoms with van der Waals surface area (Å²) in [5.74, 6) is 3.41. The van der Waals surface area contributed by atoms with Crippen molar-refractivity contribution in [2.75, 3.05) is 20.3 Å². The van der Waals surface area contributed by atoms with Crippen LogP contribution in [0, 0.1) is 12.3 Å². The maximum absolute atomic E-state index is 12.3. The number of hydrogen-bond donors (Lipinski definition) is 0. The van der Waals surface area contributed by atoms with E-state index in [1.807, 2.05) is 6.92 Å². The predicted octanol–water partition coefficient (Wildman–Crippen LogP) is 3.69. The molecule has 1 aliphatic rings. The first kappa shape index (κ1) is 17.9. The van der Waals surface area contributed by atoms with Crippen LogP contribution < -0.4 is 9.47 Å². The number of likely N-dealkylation sites (N-methyl/N-ethyl adjacent to an activating group) is 1. The van der Waals surface area contributed by atoms with Crippen molar-refractivity contribution in [3.8, 4) is 23.8 Å². The van der Waals surface area contributed by atoms with E-state index in [0.29, 0.717) is 27.3 Å². The highest BCUT2D eigenvalue weighted by atomic mass is 79.9. The fourth-order valence-electron chi connectivity index (χ4n) is 1.97. The van der Waals surface area contributed by atoms with Gasteiger partial charge in [0.25, 0.3) is 5.91 Å². The van der Waals surface area contributed by atoms with E-state index in [2.05, 4.69) is 21.9 Å². The third kappa shape index (κ3) is 3.89. The van der Waals surface area contributed by atoms with Crippen molar-refractivity contribution in [3.05, 3.63) is 27.1 Å². The van der Waals surface area contributed by atoms with Gasteiger partial charge in [-0.05, 0) is 30.7 Å². The topological polar surface area (TPSA) is 38.8 Å². The highest BCUT2D eigenvalue weighted by Gasteiger charge is 2.30. The second kappa shape index (κ2) is 7.86. The van der Waals surface area contributed by atoms with Crippen molar-refractivity contribution in [1.82, 2.24) is 4.90 Å². The molecule has 1 heterocycles. The lowest BCUT2D eigenvalue weighted by Gasteiger charge is -2.11. The minimum atomic E-state index is -0.0824. The summed E-state index contributed by atoms with van der Waals surface area (Å²) >= 11 is 9.98. The van der Waals surface area contributed by atoms with Gasteiger partial charge in [-0.3, -0.25) is 9.69 Å². The minimum Gasteiger partial charge on any atom is -0.493 e. The van der Waals surface area contributed by atoms with Crippen molar-refractivity contribution < 1.29 is 14.3 Å². The van der Waals surface area contributed by atoms with Crippen LogP contribution >= 0.6 is 39.9 Å². The highest BCUT2D eigenvalue weighted by Crippen LogP contribution is 2.37. The zero-order chi connectivity index (χ0) is 17.0. The Morgan fingerprint density at radius 2 is 2.22 bits per heavy atom. The van der Waals surface area contributed by atoms with Crippen LogP contribution in [0.5, 0.6) is 11.5 Å². The number of amides is 1. The maximum Gasteiger partial charge on any atom is 0.266 e. The third-order valence-corrected chi connectivity index (χ3v) is 5.13. The van der Waals surface area contributed by atoms with Crippen LogP contribution in [-0.2, 0) is 4.79 Å². The zero-order valence-corrected chi connectivity index (χ0v) is 15.8. The number of benzene rings is 1. The Bertz CT molecular complexity index is 725. The van der Waals surface area contributed by atoms with Gasteiger partial charge in [-0.25, -0.2) is 0 Å². The Morgan fingerprint density at radius 1 is 1.48 bits per heavy atom. The Balaban J connectivity index is 2.37. The lowest BCUT2D eigenvalue weighted by atomic mass is 10.2. The number of thiocarbonyl (C=S) groups is 1. The van der Waals surface area contributed by atoms with Crippen molar-refractivity contribution >= 4 is 56.2 Å². The average Bonchev–Trinajstić information content (AvgIpc) is 2.80. The molecule has 1 amide bonds. The summed E-state index contributed by atoms with van der Waals surface area (Å²) in [6, 6.07) is 3.55. The second-order valence-electron chi connectivity index (χ2n) is 4.44. The van der Waals surface area contributed by atoms with Crippen LogP contribution in [0.25, 0.3) is 6.08 Å². The number of carbonyl (C=O) groups is 1. The molecule has 0 N–H and O–H groups in total. The number of ether oxygens (including phenoxy) is 2.